The normalized spacial score (nSPS) is 19.5. The summed E-state index contributed by atoms with van der Waals surface area (Å²) in [5.41, 5.74) is -0.496. The second-order valence-electron chi connectivity index (χ2n) is 5.15. The number of halogens is 2. The average molecular weight is 361 g/mol. The molecule has 7 heteroatoms. The number of sulfonamides is 1. The Morgan fingerprint density at radius 2 is 2.00 bits per heavy atom. The van der Waals surface area contributed by atoms with E-state index in [0.29, 0.717) is 17.3 Å². The van der Waals surface area contributed by atoms with E-state index in [4.69, 9.17) is 5.26 Å². The van der Waals surface area contributed by atoms with Gasteiger partial charge in [-0.3, -0.25) is 0 Å². The first-order chi connectivity index (χ1) is 9.28. The number of benzene rings is 1. The third kappa shape index (κ3) is 2.87. The minimum absolute atomic E-state index is 0.238. The van der Waals surface area contributed by atoms with Crippen LogP contribution in [0.15, 0.2) is 27.6 Å². The fourth-order valence-corrected chi connectivity index (χ4v) is 3.98. The molecule has 1 aliphatic heterocycles. The average Bonchev–Trinajstić information content (AvgIpc) is 2.39. The van der Waals surface area contributed by atoms with Gasteiger partial charge in [-0.25, -0.2) is 12.8 Å². The lowest BCUT2D eigenvalue weighted by Gasteiger charge is -2.34. The summed E-state index contributed by atoms with van der Waals surface area (Å²) in [6, 6.07) is 6.10. The van der Waals surface area contributed by atoms with Crippen LogP contribution in [-0.4, -0.2) is 25.8 Å². The first-order valence-electron chi connectivity index (χ1n) is 6.15. The quantitative estimate of drug-likeness (QED) is 0.814. The largest absolute Gasteiger partial charge is 0.245 e. The van der Waals surface area contributed by atoms with Crippen LogP contribution in [0.4, 0.5) is 4.39 Å². The minimum Gasteiger partial charge on any atom is -0.207 e. The van der Waals surface area contributed by atoms with Crippen LogP contribution in [0.2, 0.25) is 0 Å². The van der Waals surface area contributed by atoms with E-state index in [9.17, 15) is 12.8 Å². The van der Waals surface area contributed by atoms with Gasteiger partial charge in [-0.1, -0.05) is 15.9 Å². The molecule has 2 rings (SSSR count). The van der Waals surface area contributed by atoms with Gasteiger partial charge in [-0.15, -0.1) is 0 Å². The van der Waals surface area contributed by atoms with Crippen molar-refractivity contribution >= 4 is 26.0 Å². The molecule has 0 N–H and O–H groups in total. The number of nitrogens with zero attached hydrogens (tertiary/aromatic N) is 2. The molecule has 1 fully saturated rings. The summed E-state index contributed by atoms with van der Waals surface area (Å²) in [7, 11) is -3.84. The standard InChI is InChI=1S/C13H14BrFN2O2S/c1-13(9-16)4-6-17(7-5-13)20(18,19)12-3-2-10(14)8-11(12)15/h2-3,8H,4-7H2,1H3. The monoisotopic (exact) mass is 360 g/mol. The lowest BCUT2D eigenvalue weighted by molar-refractivity contribution is 0.231. The molecule has 1 heterocycles. The van der Waals surface area contributed by atoms with E-state index in [1.165, 1.54) is 16.4 Å². The minimum atomic E-state index is -3.84. The topological polar surface area (TPSA) is 61.2 Å². The highest BCUT2D eigenvalue weighted by molar-refractivity contribution is 9.10. The first-order valence-corrected chi connectivity index (χ1v) is 8.38. The summed E-state index contributed by atoms with van der Waals surface area (Å²) >= 11 is 3.10. The fourth-order valence-electron chi connectivity index (χ4n) is 2.16. The van der Waals surface area contributed by atoms with Gasteiger partial charge in [0, 0.05) is 17.6 Å². The molecule has 1 aliphatic rings. The van der Waals surface area contributed by atoms with Crippen molar-refractivity contribution in [2.24, 2.45) is 5.41 Å². The van der Waals surface area contributed by atoms with Crippen LogP contribution < -0.4 is 0 Å². The van der Waals surface area contributed by atoms with E-state index in [2.05, 4.69) is 22.0 Å². The Morgan fingerprint density at radius 1 is 1.40 bits per heavy atom. The van der Waals surface area contributed by atoms with Crippen LogP contribution in [0.1, 0.15) is 19.8 Å². The van der Waals surface area contributed by atoms with Crippen molar-refractivity contribution in [2.75, 3.05) is 13.1 Å². The van der Waals surface area contributed by atoms with E-state index in [-0.39, 0.29) is 18.0 Å². The van der Waals surface area contributed by atoms with Gasteiger partial charge in [-0.05, 0) is 38.0 Å². The highest BCUT2D eigenvalue weighted by Gasteiger charge is 2.36. The second kappa shape index (κ2) is 5.43. The number of hydrogen-bond donors (Lipinski definition) is 0. The molecule has 108 valence electrons. The van der Waals surface area contributed by atoms with Gasteiger partial charge >= 0.3 is 0 Å². The molecule has 0 atom stereocenters. The van der Waals surface area contributed by atoms with Gasteiger partial charge in [0.05, 0.1) is 11.5 Å². The van der Waals surface area contributed by atoms with E-state index < -0.39 is 21.3 Å². The van der Waals surface area contributed by atoms with Crippen molar-refractivity contribution in [1.82, 2.24) is 4.31 Å². The van der Waals surface area contributed by atoms with E-state index >= 15 is 0 Å². The third-order valence-electron chi connectivity index (χ3n) is 3.61. The highest BCUT2D eigenvalue weighted by Crippen LogP contribution is 2.33. The van der Waals surface area contributed by atoms with Gasteiger partial charge in [0.15, 0.2) is 0 Å². The van der Waals surface area contributed by atoms with Crippen molar-refractivity contribution in [1.29, 1.82) is 5.26 Å². The zero-order valence-electron chi connectivity index (χ0n) is 10.9. The van der Waals surface area contributed by atoms with E-state index in [1.807, 2.05) is 6.92 Å². The molecular weight excluding hydrogens is 347 g/mol. The van der Waals surface area contributed by atoms with Gasteiger partial charge in [0.25, 0.3) is 0 Å². The van der Waals surface area contributed by atoms with Crippen molar-refractivity contribution in [3.05, 3.63) is 28.5 Å². The SMILES string of the molecule is CC1(C#N)CCN(S(=O)(=O)c2ccc(Br)cc2F)CC1. The van der Waals surface area contributed by atoms with E-state index in [1.54, 1.807) is 0 Å². The molecule has 1 aromatic carbocycles. The third-order valence-corrected chi connectivity index (χ3v) is 6.03. The van der Waals surface area contributed by atoms with Crippen molar-refractivity contribution in [3.8, 4) is 6.07 Å². The molecule has 0 bridgehead atoms. The molecule has 1 saturated heterocycles. The zero-order valence-corrected chi connectivity index (χ0v) is 13.3. The fraction of sp³-hybridized carbons (Fsp3) is 0.462. The lowest BCUT2D eigenvalue weighted by Crippen LogP contribution is -2.41. The summed E-state index contributed by atoms with van der Waals surface area (Å²) in [5, 5.41) is 9.05. The summed E-state index contributed by atoms with van der Waals surface area (Å²) in [6.07, 6.45) is 0.918. The summed E-state index contributed by atoms with van der Waals surface area (Å²) < 4.78 is 40.4. The van der Waals surface area contributed by atoms with Gasteiger partial charge in [0.2, 0.25) is 10.0 Å². The molecule has 0 aromatic heterocycles. The van der Waals surface area contributed by atoms with E-state index in [0.717, 1.165) is 6.07 Å². The number of nitriles is 1. The molecule has 0 spiro atoms. The molecule has 0 unspecified atom stereocenters. The Labute approximate surface area is 126 Å². The maximum atomic E-state index is 13.8. The van der Waals surface area contributed by atoms with Gasteiger partial charge in [0.1, 0.15) is 10.7 Å². The Bertz CT molecular complexity index is 661. The molecule has 4 nitrogen and oxygen atoms in total. The molecule has 1 aromatic rings. The summed E-state index contributed by atoms with van der Waals surface area (Å²) in [5.74, 6) is -0.770. The molecule has 0 radical (unpaired) electrons. The lowest BCUT2D eigenvalue weighted by atomic mass is 9.83. The first kappa shape index (κ1) is 15.4. The van der Waals surface area contributed by atoms with Crippen molar-refractivity contribution in [3.63, 3.8) is 0 Å². The zero-order chi connectivity index (χ0) is 15.0. The Morgan fingerprint density at radius 3 is 2.50 bits per heavy atom. The van der Waals surface area contributed by atoms with Gasteiger partial charge < -0.3 is 0 Å². The smallest absolute Gasteiger partial charge is 0.207 e. The van der Waals surface area contributed by atoms with Crippen LogP contribution >= 0.6 is 15.9 Å². The highest BCUT2D eigenvalue weighted by atomic mass is 79.9. The Kier molecular flexibility index (Phi) is 4.19. The van der Waals surface area contributed by atoms with Crippen molar-refractivity contribution < 1.29 is 12.8 Å². The van der Waals surface area contributed by atoms with Crippen LogP contribution in [-0.2, 0) is 10.0 Å². The maximum Gasteiger partial charge on any atom is 0.245 e. The number of rotatable bonds is 2. The van der Waals surface area contributed by atoms with Crippen LogP contribution in [0.25, 0.3) is 0 Å². The predicted octanol–water partition coefficient (Wildman–Crippen LogP) is 2.90. The molecule has 20 heavy (non-hydrogen) atoms. The molecule has 0 amide bonds. The van der Waals surface area contributed by atoms with Gasteiger partial charge in [-0.2, -0.15) is 9.57 Å². The summed E-state index contributed by atoms with van der Waals surface area (Å²) in [6.45, 7) is 2.29. The summed E-state index contributed by atoms with van der Waals surface area (Å²) in [4.78, 5) is -0.318. The molecule has 0 aliphatic carbocycles. The molecular formula is C13H14BrFN2O2S. The van der Waals surface area contributed by atoms with Crippen molar-refractivity contribution in [2.45, 2.75) is 24.7 Å². The second-order valence-corrected chi connectivity index (χ2v) is 7.97. The predicted molar refractivity (Wildman–Crippen MR) is 75.8 cm³/mol. The van der Waals surface area contributed by atoms with Crippen LogP contribution in [0.5, 0.6) is 0 Å². The number of piperidine rings is 1. The Hall–Kier alpha value is -0.970. The Balaban J connectivity index is 2.27. The van der Waals surface area contributed by atoms with Crippen LogP contribution in [0.3, 0.4) is 0 Å². The van der Waals surface area contributed by atoms with Crippen LogP contribution in [0, 0.1) is 22.6 Å². The molecule has 0 saturated carbocycles. The number of hydrogen-bond acceptors (Lipinski definition) is 3. The maximum absolute atomic E-state index is 13.8.